The maximum Gasteiger partial charge on any atom is 0.338 e. The summed E-state index contributed by atoms with van der Waals surface area (Å²) in [5.74, 6) is -1.85. The van der Waals surface area contributed by atoms with Crippen molar-refractivity contribution in [3.05, 3.63) is 101 Å². The molecule has 0 radical (unpaired) electrons. The lowest BCUT2D eigenvalue weighted by atomic mass is 9.93. The molecule has 0 heterocycles. The Hall–Kier alpha value is -3.80. The SMILES string of the molecule is C[C@@H](NC(=O)c1cc(C(=O)OC[C@@](N)(CO)Cc2ccccc2)cc(N(C)S(C)(=O)=O)c1)c1ccc(F)cc1. The first-order valence-electron chi connectivity index (χ1n) is 12.1. The summed E-state index contributed by atoms with van der Waals surface area (Å²) in [7, 11) is -2.43. The third-order valence-corrected chi connectivity index (χ3v) is 7.40. The van der Waals surface area contributed by atoms with E-state index in [0.29, 0.717) is 5.56 Å². The molecule has 0 aliphatic heterocycles. The van der Waals surface area contributed by atoms with Gasteiger partial charge in [-0.1, -0.05) is 42.5 Å². The number of carbonyl (C=O) groups is 2. The Labute approximate surface area is 227 Å². The molecule has 0 aromatic heterocycles. The van der Waals surface area contributed by atoms with Gasteiger partial charge in [-0.25, -0.2) is 17.6 Å². The number of sulfonamides is 1. The normalized spacial score (nSPS) is 13.7. The fourth-order valence-electron chi connectivity index (χ4n) is 3.80. The number of rotatable bonds is 11. The third-order valence-electron chi connectivity index (χ3n) is 6.20. The Morgan fingerprint density at radius 2 is 1.69 bits per heavy atom. The van der Waals surface area contributed by atoms with Crippen molar-refractivity contribution in [1.82, 2.24) is 5.32 Å². The minimum Gasteiger partial charge on any atom is -0.460 e. The summed E-state index contributed by atoms with van der Waals surface area (Å²) in [6.07, 6.45) is 1.23. The van der Waals surface area contributed by atoms with E-state index in [4.69, 9.17) is 10.5 Å². The number of nitrogens with one attached hydrogen (secondary N) is 1. The van der Waals surface area contributed by atoms with Gasteiger partial charge >= 0.3 is 5.97 Å². The summed E-state index contributed by atoms with van der Waals surface area (Å²) in [5.41, 5.74) is 6.51. The predicted molar refractivity (Wildman–Crippen MR) is 146 cm³/mol. The maximum atomic E-state index is 13.3. The fraction of sp³-hybridized carbons (Fsp3) is 0.286. The van der Waals surface area contributed by atoms with Crippen molar-refractivity contribution in [1.29, 1.82) is 0 Å². The molecule has 0 saturated carbocycles. The number of carbonyl (C=O) groups excluding carboxylic acids is 2. The second kappa shape index (κ2) is 12.4. The highest BCUT2D eigenvalue weighted by atomic mass is 32.2. The number of nitrogens with two attached hydrogens (primary N) is 1. The van der Waals surface area contributed by atoms with Crippen LogP contribution in [0.2, 0.25) is 0 Å². The fourth-order valence-corrected chi connectivity index (χ4v) is 4.28. The van der Waals surface area contributed by atoms with Crippen molar-refractivity contribution in [2.24, 2.45) is 5.73 Å². The molecule has 3 aromatic rings. The molecule has 0 bridgehead atoms. The van der Waals surface area contributed by atoms with Gasteiger partial charge < -0.3 is 20.9 Å². The van der Waals surface area contributed by atoms with Crippen LogP contribution in [0.5, 0.6) is 0 Å². The molecule has 9 nitrogen and oxygen atoms in total. The van der Waals surface area contributed by atoms with Crippen LogP contribution in [-0.4, -0.2) is 57.5 Å². The van der Waals surface area contributed by atoms with Gasteiger partial charge in [0.1, 0.15) is 12.4 Å². The van der Waals surface area contributed by atoms with Gasteiger partial charge in [0.2, 0.25) is 10.0 Å². The van der Waals surface area contributed by atoms with Crippen molar-refractivity contribution >= 4 is 27.6 Å². The Balaban J connectivity index is 1.85. The van der Waals surface area contributed by atoms with E-state index in [1.165, 1.54) is 49.5 Å². The lowest BCUT2D eigenvalue weighted by Gasteiger charge is -2.27. The Kier molecular flexibility index (Phi) is 9.44. The van der Waals surface area contributed by atoms with Gasteiger partial charge in [-0.15, -0.1) is 0 Å². The zero-order chi connectivity index (χ0) is 28.8. The van der Waals surface area contributed by atoms with Crippen LogP contribution in [0.3, 0.4) is 0 Å². The monoisotopic (exact) mass is 557 g/mol. The molecular weight excluding hydrogens is 525 g/mol. The first-order valence-corrected chi connectivity index (χ1v) is 13.9. The minimum absolute atomic E-state index is 0.00867. The zero-order valence-electron chi connectivity index (χ0n) is 21.9. The topological polar surface area (TPSA) is 139 Å². The average molecular weight is 558 g/mol. The number of esters is 1. The molecule has 208 valence electrons. The standard InChI is InChI=1S/C28H32FN3O6S/c1-19(21-9-11-24(29)12-10-21)31-26(34)22-13-23(15-25(14-22)32(2)39(3,36)37)27(35)38-18-28(30,17-33)16-20-7-5-4-6-8-20/h4-15,19,33H,16-18,30H2,1-3H3,(H,31,34)/t19-,28+/m1/s1. The largest absolute Gasteiger partial charge is 0.460 e. The zero-order valence-corrected chi connectivity index (χ0v) is 22.7. The number of aliphatic hydroxyl groups excluding tert-OH is 1. The maximum absolute atomic E-state index is 13.3. The number of hydrogen-bond acceptors (Lipinski definition) is 7. The number of amides is 1. The summed E-state index contributed by atoms with van der Waals surface area (Å²) < 4.78 is 44.0. The van der Waals surface area contributed by atoms with Crippen molar-refractivity contribution in [3.63, 3.8) is 0 Å². The van der Waals surface area contributed by atoms with E-state index in [9.17, 15) is 27.5 Å². The summed E-state index contributed by atoms with van der Waals surface area (Å²) in [6.45, 7) is 0.919. The molecular formula is C28H32FN3O6S. The molecule has 0 aliphatic carbocycles. The molecule has 3 rings (SSSR count). The number of halogens is 1. The van der Waals surface area contributed by atoms with Crippen molar-refractivity contribution in [3.8, 4) is 0 Å². The van der Waals surface area contributed by atoms with Crippen LogP contribution < -0.4 is 15.4 Å². The van der Waals surface area contributed by atoms with Gasteiger partial charge in [0, 0.05) is 12.6 Å². The quantitative estimate of drug-likeness (QED) is 0.308. The van der Waals surface area contributed by atoms with Gasteiger partial charge in [0.05, 0.1) is 35.7 Å². The van der Waals surface area contributed by atoms with E-state index >= 15 is 0 Å². The summed E-state index contributed by atoms with van der Waals surface area (Å²) in [5, 5.41) is 12.6. The van der Waals surface area contributed by atoms with E-state index in [1.807, 2.05) is 30.3 Å². The van der Waals surface area contributed by atoms with Gasteiger partial charge in [0.25, 0.3) is 5.91 Å². The van der Waals surface area contributed by atoms with Crippen LogP contribution in [0.25, 0.3) is 0 Å². The highest BCUT2D eigenvalue weighted by Crippen LogP contribution is 2.23. The molecule has 0 aliphatic rings. The van der Waals surface area contributed by atoms with Crippen molar-refractivity contribution in [2.45, 2.75) is 24.9 Å². The van der Waals surface area contributed by atoms with E-state index in [-0.39, 0.29) is 29.8 Å². The van der Waals surface area contributed by atoms with E-state index < -0.39 is 45.9 Å². The molecule has 4 N–H and O–H groups in total. The molecule has 0 saturated heterocycles. The molecule has 1 amide bonds. The van der Waals surface area contributed by atoms with Gasteiger partial charge in [-0.3, -0.25) is 9.10 Å². The van der Waals surface area contributed by atoms with Crippen LogP contribution in [0.1, 0.15) is 44.8 Å². The second-order valence-electron chi connectivity index (χ2n) is 9.50. The highest BCUT2D eigenvalue weighted by molar-refractivity contribution is 7.92. The first-order chi connectivity index (χ1) is 18.3. The first kappa shape index (κ1) is 29.8. The second-order valence-corrected chi connectivity index (χ2v) is 11.5. The lowest BCUT2D eigenvalue weighted by Crippen LogP contribution is -2.50. The number of hydrogen-bond donors (Lipinski definition) is 3. The van der Waals surface area contributed by atoms with Crippen LogP contribution in [-0.2, 0) is 21.2 Å². The molecule has 3 aromatic carbocycles. The molecule has 39 heavy (non-hydrogen) atoms. The third kappa shape index (κ3) is 8.09. The summed E-state index contributed by atoms with van der Waals surface area (Å²) >= 11 is 0. The van der Waals surface area contributed by atoms with E-state index in [0.717, 1.165) is 16.1 Å². The summed E-state index contributed by atoms with van der Waals surface area (Å²) in [4.78, 5) is 26.1. The highest BCUT2D eigenvalue weighted by Gasteiger charge is 2.28. The van der Waals surface area contributed by atoms with Crippen LogP contribution >= 0.6 is 0 Å². The minimum atomic E-state index is -3.72. The number of ether oxygens (including phenoxy) is 1. The Morgan fingerprint density at radius 1 is 1.08 bits per heavy atom. The average Bonchev–Trinajstić information content (AvgIpc) is 2.91. The molecule has 0 spiro atoms. The predicted octanol–water partition coefficient (Wildman–Crippen LogP) is 2.80. The van der Waals surface area contributed by atoms with Gasteiger partial charge in [-0.2, -0.15) is 0 Å². The van der Waals surface area contributed by atoms with Gasteiger partial charge in [0.15, 0.2) is 0 Å². The molecule has 0 fully saturated rings. The molecule has 0 unspecified atom stereocenters. The van der Waals surface area contributed by atoms with Crippen LogP contribution in [0.15, 0.2) is 72.8 Å². The molecule has 2 atom stereocenters. The van der Waals surface area contributed by atoms with E-state index in [1.54, 1.807) is 6.92 Å². The summed E-state index contributed by atoms with van der Waals surface area (Å²) in [6, 6.07) is 18.2. The number of nitrogens with zero attached hydrogens (tertiary/aromatic N) is 1. The number of benzene rings is 3. The van der Waals surface area contributed by atoms with E-state index in [2.05, 4.69) is 5.32 Å². The molecule has 11 heteroatoms. The number of aliphatic hydroxyl groups is 1. The van der Waals surface area contributed by atoms with Crippen molar-refractivity contribution < 1.29 is 32.2 Å². The van der Waals surface area contributed by atoms with Crippen molar-refractivity contribution in [2.75, 3.05) is 30.8 Å². The number of anilines is 1. The smallest absolute Gasteiger partial charge is 0.338 e. The van der Waals surface area contributed by atoms with Gasteiger partial charge in [-0.05, 0) is 54.8 Å². The lowest BCUT2D eigenvalue weighted by molar-refractivity contribution is 0.0331. The Morgan fingerprint density at radius 3 is 2.28 bits per heavy atom. The van der Waals surface area contributed by atoms with Crippen LogP contribution in [0.4, 0.5) is 10.1 Å². The van der Waals surface area contributed by atoms with Crippen LogP contribution in [0, 0.1) is 5.82 Å². The Bertz CT molecular complexity index is 1420.